The third-order valence-corrected chi connectivity index (χ3v) is 3.62. The molecule has 0 amide bonds. The summed E-state index contributed by atoms with van der Waals surface area (Å²) in [6, 6.07) is 7.82. The van der Waals surface area contributed by atoms with Gasteiger partial charge in [-0.15, -0.1) is 0 Å². The lowest BCUT2D eigenvalue weighted by molar-refractivity contribution is -0.512. The van der Waals surface area contributed by atoms with E-state index in [1.165, 1.54) is 6.08 Å². The van der Waals surface area contributed by atoms with Crippen molar-refractivity contribution < 1.29 is 14.0 Å². The Balaban J connectivity index is 2.37. The maximum absolute atomic E-state index is 12.1. The molecule has 0 spiro atoms. The summed E-state index contributed by atoms with van der Waals surface area (Å²) in [5.74, 6) is -0.857. The van der Waals surface area contributed by atoms with Crippen molar-refractivity contribution in [3.8, 4) is 0 Å². The van der Waals surface area contributed by atoms with E-state index in [1.807, 2.05) is 55.6 Å². The number of ketones is 2. The fourth-order valence-corrected chi connectivity index (χ4v) is 2.57. The summed E-state index contributed by atoms with van der Waals surface area (Å²) in [5, 5.41) is 0. The van der Waals surface area contributed by atoms with Gasteiger partial charge in [0.25, 0.3) is 0 Å². The van der Waals surface area contributed by atoms with Crippen LogP contribution in [0.15, 0.2) is 42.7 Å². The highest BCUT2D eigenvalue weighted by Gasteiger charge is 2.33. The maximum Gasteiger partial charge on any atom is 0.239 e. The fraction of sp³-hybridized carbons (Fsp3) is 0.235. The molecule has 2 aromatic rings. The third kappa shape index (κ3) is 1.86. The molecule has 20 heavy (non-hydrogen) atoms. The van der Waals surface area contributed by atoms with Gasteiger partial charge in [-0.2, -0.15) is 4.40 Å². The second-order valence-corrected chi connectivity index (χ2v) is 6.13. The topological polar surface area (TPSA) is 38.2 Å². The average molecular weight is 266 g/mol. The third-order valence-electron chi connectivity index (χ3n) is 3.62. The number of allylic oxidation sites excluding steroid dienone is 2. The van der Waals surface area contributed by atoms with Gasteiger partial charge in [0.1, 0.15) is 0 Å². The van der Waals surface area contributed by atoms with Gasteiger partial charge in [0.2, 0.25) is 17.1 Å². The van der Waals surface area contributed by atoms with E-state index in [-0.39, 0.29) is 5.41 Å². The normalized spacial score (nSPS) is 15.2. The van der Waals surface area contributed by atoms with Crippen LogP contribution in [-0.4, -0.2) is 11.6 Å². The van der Waals surface area contributed by atoms with Crippen LogP contribution in [0.25, 0.3) is 11.1 Å². The van der Waals surface area contributed by atoms with Gasteiger partial charge in [-0.1, -0.05) is 20.8 Å². The zero-order valence-electron chi connectivity index (χ0n) is 11.8. The largest absolute Gasteiger partial charge is 0.286 e. The molecule has 0 radical (unpaired) electrons. The highest BCUT2D eigenvalue weighted by atomic mass is 16.2. The molecular formula is C17H16NO2+. The molecule has 2 heterocycles. The summed E-state index contributed by atoms with van der Waals surface area (Å²) < 4.78 is 1.87. The molecule has 1 aliphatic rings. The zero-order valence-corrected chi connectivity index (χ0v) is 11.8. The molecule has 0 saturated carbocycles. The Labute approximate surface area is 117 Å². The summed E-state index contributed by atoms with van der Waals surface area (Å²) in [6.45, 7) is 6.15. The molecule has 0 bridgehead atoms. The van der Waals surface area contributed by atoms with Gasteiger partial charge in [-0.25, -0.2) is 0 Å². The number of carbonyl (C=O) groups is 2. The van der Waals surface area contributed by atoms with E-state index in [0.29, 0.717) is 5.56 Å². The maximum atomic E-state index is 12.1. The van der Waals surface area contributed by atoms with Crippen LogP contribution in [-0.2, 0) is 4.79 Å². The number of nitrogens with zero attached hydrogens (tertiary/aromatic N) is 1. The van der Waals surface area contributed by atoms with Gasteiger partial charge >= 0.3 is 0 Å². The Kier molecular flexibility index (Phi) is 2.61. The van der Waals surface area contributed by atoms with Gasteiger partial charge < -0.3 is 0 Å². The Morgan fingerprint density at radius 2 is 1.80 bits per heavy atom. The van der Waals surface area contributed by atoms with E-state index in [4.69, 9.17) is 0 Å². The molecule has 3 rings (SSSR count). The molecule has 3 nitrogen and oxygen atoms in total. The Hall–Kier alpha value is -2.29. The van der Waals surface area contributed by atoms with Gasteiger partial charge in [0.15, 0.2) is 12.4 Å². The van der Waals surface area contributed by atoms with E-state index < -0.39 is 11.6 Å². The first-order chi connectivity index (χ1) is 9.38. The fourth-order valence-electron chi connectivity index (χ4n) is 2.57. The van der Waals surface area contributed by atoms with Crippen molar-refractivity contribution in [3.05, 3.63) is 53.9 Å². The number of fused-ring (bicyclic) bond motifs is 2. The van der Waals surface area contributed by atoms with Crippen molar-refractivity contribution >= 4 is 22.7 Å². The van der Waals surface area contributed by atoms with E-state index in [0.717, 1.165) is 16.7 Å². The molecule has 0 N–H and O–H groups in total. The second-order valence-electron chi connectivity index (χ2n) is 6.13. The van der Waals surface area contributed by atoms with Crippen molar-refractivity contribution in [1.29, 1.82) is 0 Å². The molecule has 0 atom stereocenters. The molecule has 0 aromatic carbocycles. The molecule has 0 aliphatic heterocycles. The molecule has 0 saturated heterocycles. The summed E-state index contributed by atoms with van der Waals surface area (Å²) in [5.41, 5.74) is 3.10. The first-order valence-electron chi connectivity index (χ1n) is 6.63. The lowest BCUT2D eigenvalue weighted by Gasteiger charge is -2.26. The number of hydrogen-bond donors (Lipinski definition) is 0. The van der Waals surface area contributed by atoms with Crippen molar-refractivity contribution in [2.45, 2.75) is 20.8 Å². The summed E-state index contributed by atoms with van der Waals surface area (Å²) in [4.78, 5) is 24.0. The minimum Gasteiger partial charge on any atom is -0.286 e. The predicted molar refractivity (Wildman–Crippen MR) is 76.4 cm³/mol. The number of Topliss-reactive ketones (excluding diaryl/α,β-unsaturated/α-hetero) is 1. The molecule has 0 fully saturated rings. The highest BCUT2D eigenvalue weighted by Crippen LogP contribution is 2.38. The number of rotatable bonds is 0. The number of carbonyl (C=O) groups excluding carboxylic acids is 2. The number of hydrogen-bond acceptors (Lipinski definition) is 2. The quantitative estimate of drug-likeness (QED) is 0.543. The SMILES string of the molecule is CC(C)(C)C1=CC(=O)C(=O)c2c[n+]3ccccc3cc21. The van der Waals surface area contributed by atoms with Crippen LogP contribution in [0.1, 0.15) is 36.7 Å². The average Bonchev–Trinajstić information content (AvgIpc) is 2.40. The Morgan fingerprint density at radius 3 is 2.50 bits per heavy atom. The summed E-state index contributed by atoms with van der Waals surface area (Å²) in [6.07, 6.45) is 5.12. The molecular weight excluding hydrogens is 250 g/mol. The van der Waals surface area contributed by atoms with E-state index in [2.05, 4.69) is 0 Å². The Bertz CT molecular complexity index is 779. The summed E-state index contributed by atoms with van der Waals surface area (Å²) >= 11 is 0. The smallest absolute Gasteiger partial charge is 0.239 e. The van der Waals surface area contributed by atoms with Crippen molar-refractivity contribution in [1.82, 2.24) is 0 Å². The van der Waals surface area contributed by atoms with Crippen molar-refractivity contribution in [3.63, 3.8) is 0 Å². The van der Waals surface area contributed by atoms with E-state index in [9.17, 15) is 9.59 Å². The van der Waals surface area contributed by atoms with Crippen LogP contribution >= 0.6 is 0 Å². The minimum atomic E-state index is -0.432. The lowest BCUT2D eigenvalue weighted by Crippen LogP contribution is -2.29. The molecule has 100 valence electrons. The van der Waals surface area contributed by atoms with Crippen LogP contribution in [0, 0.1) is 5.41 Å². The minimum absolute atomic E-state index is 0.182. The van der Waals surface area contributed by atoms with Crippen LogP contribution in [0.5, 0.6) is 0 Å². The van der Waals surface area contributed by atoms with E-state index in [1.54, 1.807) is 6.20 Å². The van der Waals surface area contributed by atoms with Crippen LogP contribution in [0.2, 0.25) is 0 Å². The highest BCUT2D eigenvalue weighted by molar-refractivity contribution is 6.50. The van der Waals surface area contributed by atoms with Crippen molar-refractivity contribution in [2.75, 3.05) is 0 Å². The second kappa shape index (κ2) is 4.10. The lowest BCUT2D eigenvalue weighted by atomic mass is 9.76. The standard InChI is InChI=1S/C17H16NO2/c1-17(2,3)14-9-15(19)16(20)13-10-18-7-5-4-6-11(18)8-12(13)14/h4-10H,1-3H3/q+1. The molecule has 2 aromatic heterocycles. The van der Waals surface area contributed by atoms with Crippen LogP contribution < -0.4 is 4.40 Å². The van der Waals surface area contributed by atoms with Crippen molar-refractivity contribution in [2.24, 2.45) is 5.41 Å². The van der Waals surface area contributed by atoms with Crippen LogP contribution in [0.4, 0.5) is 0 Å². The predicted octanol–water partition coefficient (Wildman–Crippen LogP) is 2.62. The summed E-state index contributed by atoms with van der Waals surface area (Å²) in [7, 11) is 0. The van der Waals surface area contributed by atoms with Crippen LogP contribution in [0.3, 0.4) is 0 Å². The first-order valence-corrected chi connectivity index (χ1v) is 6.63. The molecule has 0 unspecified atom stereocenters. The number of pyridine rings is 2. The zero-order chi connectivity index (χ0) is 14.5. The van der Waals surface area contributed by atoms with Gasteiger partial charge in [0, 0.05) is 23.8 Å². The first kappa shape index (κ1) is 12.7. The van der Waals surface area contributed by atoms with E-state index >= 15 is 0 Å². The molecule has 3 heteroatoms. The number of aromatic nitrogens is 1. The monoisotopic (exact) mass is 266 g/mol. The van der Waals surface area contributed by atoms with Gasteiger partial charge in [0.05, 0.1) is 5.56 Å². The van der Waals surface area contributed by atoms with Gasteiger partial charge in [-0.3, -0.25) is 9.59 Å². The molecule has 1 aliphatic carbocycles. The Morgan fingerprint density at radius 1 is 1.05 bits per heavy atom. The van der Waals surface area contributed by atoms with Gasteiger partial charge in [-0.05, 0) is 23.1 Å².